The summed E-state index contributed by atoms with van der Waals surface area (Å²) >= 11 is 0. The number of rotatable bonds is 3. The highest BCUT2D eigenvalue weighted by molar-refractivity contribution is 7.89. The highest BCUT2D eigenvalue weighted by Gasteiger charge is 2.39. The predicted octanol–water partition coefficient (Wildman–Crippen LogP) is 1.36. The maximum Gasteiger partial charge on any atom is 0.243 e. The second kappa shape index (κ2) is 5.49. The zero-order chi connectivity index (χ0) is 15.8. The maximum absolute atomic E-state index is 12.8. The van der Waals surface area contributed by atoms with Crippen LogP contribution in [0.2, 0.25) is 0 Å². The normalized spacial score (nSPS) is 23.5. The van der Waals surface area contributed by atoms with Crippen LogP contribution in [0.4, 0.5) is 0 Å². The minimum Gasteiger partial charge on any atom is -0.368 e. The summed E-state index contributed by atoms with van der Waals surface area (Å²) in [6, 6.07) is 8.50. The highest BCUT2D eigenvalue weighted by Crippen LogP contribution is 2.31. The number of hydrogen-bond donors (Lipinski definition) is 0. The van der Waals surface area contributed by atoms with E-state index in [0.717, 1.165) is 5.56 Å². The fourth-order valence-corrected chi connectivity index (χ4v) is 4.18. The Balaban J connectivity index is 1.90. The van der Waals surface area contributed by atoms with Gasteiger partial charge >= 0.3 is 0 Å². The monoisotopic (exact) mass is 321 g/mol. The number of sulfonamides is 1. The van der Waals surface area contributed by atoms with Gasteiger partial charge in [0.05, 0.1) is 17.7 Å². The van der Waals surface area contributed by atoms with Crippen LogP contribution >= 0.6 is 0 Å². The van der Waals surface area contributed by atoms with Gasteiger partial charge in [0.15, 0.2) is 0 Å². The molecule has 0 radical (unpaired) electrons. The molecule has 1 aromatic carbocycles. The highest BCUT2D eigenvalue weighted by atomic mass is 32.2. The van der Waals surface area contributed by atoms with E-state index in [0.29, 0.717) is 18.0 Å². The summed E-state index contributed by atoms with van der Waals surface area (Å²) in [5, 5.41) is 4.15. The van der Waals surface area contributed by atoms with Crippen molar-refractivity contribution in [1.82, 2.24) is 14.1 Å². The van der Waals surface area contributed by atoms with E-state index in [4.69, 9.17) is 4.74 Å². The molecule has 7 heteroatoms. The summed E-state index contributed by atoms with van der Waals surface area (Å²) in [7, 11) is -1.68. The molecule has 3 rings (SSSR count). The van der Waals surface area contributed by atoms with E-state index in [-0.39, 0.29) is 6.54 Å². The molecule has 1 saturated heterocycles. The predicted molar refractivity (Wildman–Crippen MR) is 81.7 cm³/mol. The van der Waals surface area contributed by atoms with E-state index in [9.17, 15) is 8.42 Å². The molecule has 0 saturated carbocycles. The molecule has 0 N–H and O–H groups in total. The van der Waals surface area contributed by atoms with Crippen molar-refractivity contribution >= 4 is 10.0 Å². The molecule has 1 fully saturated rings. The van der Waals surface area contributed by atoms with Gasteiger partial charge in [-0.3, -0.25) is 4.68 Å². The molecule has 0 aliphatic carbocycles. The topological polar surface area (TPSA) is 64.4 Å². The Labute approximate surface area is 130 Å². The van der Waals surface area contributed by atoms with E-state index in [1.165, 1.54) is 4.31 Å². The molecule has 2 heterocycles. The summed E-state index contributed by atoms with van der Waals surface area (Å²) in [5.74, 6) is 0. The molecule has 0 bridgehead atoms. The van der Waals surface area contributed by atoms with E-state index in [2.05, 4.69) is 5.10 Å². The fourth-order valence-electron chi connectivity index (χ4n) is 2.65. The van der Waals surface area contributed by atoms with Crippen molar-refractivity contribution in [1.29, 1.82) is 0 Å². The molecule has 118 valence electrons. The van der Waals surface area contributed by atoms with Crippen LogP contribution in [0, 0.1) is 0 Å². The Hall–Kier alpha value is -1.70. The van der Waals surface area contributed by atoms with Gasteiger partial charge in [0.1, 0.15) is 5.60 Å². The van der Waals surface area contributed by atoms with Crippen molar-refractivity contribution in [3.8, 4) is 0 Å². The van der Waals surface area contributed by atoms with Crippen LogP contribution < -0.4 is 0 Å². The first-order chi connectivity index (χ1) is 10.4. The fraction of sp³-hybridized carbons (Fsp3) is 0.400. The standard InChI is InChI=1S/C15H19N3O3S/c1-15(13-10-16-17(2)11-13)12-18(8-9-21-15)22(19,20)14-6-4-3-5-7-14/h3-7,10-11H,8-9,12H2,1-2H3. The largest absolute Gasteiger partial charge is 0.368 e. The number of aryl methyl sites for hydroxylation is 1. The molecule has 1 atom stereocenters. The average Bonchev–Trinajstić information content (AvgIpc) is 2.96. The zero-order valence-electron chi connectivity index (χ0n) is 12.6. The quantitative estimate of drug-likeness (QED) is 0.856. The third-order valence-corrected chi connectivity index (χ3v) is 5.80. The molecule has 2 aromatic rings. The minimum atomic E-state index is -3.51. The molecule has 0 spiro atoms. The number of hydrogen-bond acceptors (Lipinski definition) is 4. The van der Waals surface area contributed by atoms with Gasteiger partial charge in [0.2, 0.25) is 10.0 Å². The van der Waals surface area contributed by atoms with Crippen LogP contribution in [-0.2, 0) is 27.4 Å². The molecule has 22 heavy (non-hydrogen) atoms. The zero-order valence-corrected chi connectivity index (χ0v) is 13.5. The molecular weight excluding hydrogens is 302 g/mol. The van der Waals surface area contributed by atoms with Crippen LogP contribution in [-0.4, -0.2) is 42.2 Å². The van der Waals surface area contributed by atoms with Gasteiger partial charge in [0.25, 0.3) is 0 Å². The smallest absolute Gasteiger partial charge is 0.243 e. The number of nitrogens with zero attached hydrogens (tertiary/aromatic N) is 3. The van der Waals surface area contributed by atoms with Gasteiger partial charge in [0, 0.05) is 31.9 Å². The maximum atomic E-state index is 12.8. The van der Waals surface area contributed by atoms with E-state index < -0.39 is 15.6 Å². The van der Waals surface area contributed by atoms with Crippen molar-refractivity contribution in [2.45, 2.75) is 17.4 Å². The lowest BCUT2D eigenvalue weighted by Gasteiger charge is -2.39. The van der Waals surface area contributed by atoms with Crippen molar-refractivity contribution in [2.24, 2.45) is 7.05 Å². The van der Waals surface area contributed by atoms with Crippen molar-refractivity contribution in [3.63, 3.8) is 0 Å². The molecule has 1 aliphatic rings. The second-order valence-electron chi connectivity index (χ2n) is 5.63. The van der Waals surface area contributed by atoms with Crippen molar-refractivity contribution in [2.75, 3.05) is 19.7 Å². The van der Waals surface area contributed by atoms with E-state index in [1.54, 1.807) is 41.2 Å². The van der Waals surface area contributed by atoms with Crippen molar-refractivity contribution in [3.05, 3.63) is 48.3 Å². The van der Waals surface area contributed by atoms with Crippen molar-refractivity contribution < 1.29 is 13.2 Å². The van der Waals surface area contributed by atoms with Gasteiger partial charge in [-0.05, 0) is 19.1 Å². The van der Waals surface area contributed by atoms with Gasteiger partial charge in [-0.25, -0.2) is 8.42 Å². The number of benzene rings is 1. The van der Waals surface area contributed by atoms with Crippen LogP contribution in [0.1, 0.15) is 12.5 Å². The first-order valence-corrected chi connectivity index (χ1v) is 8.54. The molecular formula is C15H19N3O3S. The third kappa shape index (κ3) is 2.67. The summed E-state index contributed by atoms with van der Waals surface area (Å²) in [5.41, 5.74) is 0.192. The molecule has 1 aromatic heterocycles. The molecule has 6 nitrogen and oxygen atoms in total. The minimum absolute atomic E-state index is 0.274. The summed E-state index contributed by atoms with van der Waals surface area (Å²) in [4.78, 5) is 0.311. The summed E-state index contributed by atoms with van der Waals surface area (Å²) in [6.45, 7) is 2.89. The Morgan fingerprint density at radius 1 is 1.27 bits per heavy atom. The average molecular weight is 321 g/mol. The summed E-state index contributed by atoms with van der Waals surface area (Å²) in [6.07, 6.45) is 3.58. The van der Waals surface area contributed by atoms with Crippen LogP contribution in [0.5, 0.6) is 0 Å². The molecule has 1 aliphatic heterocycles. The first kappa shape index (κ1) is 15.2. The van der Waals surface area contributed by atoms with Gasteiger partial charge in [-0.1, -0.05) is 18.2 Å². The number of aromatic nitrogens is 2. The summed E-state index contributed by atoms with van der Waals surface area (Å²) < 4.78 is 34.6. The Morgan fingerprint density at radius 2 is 2.00 bits per heavy atom. The van der Waals surface area contributed by atoms with Crippen LogP contribution in [0.3, 0.4) is 0 Å². The van der Waals surface area contributed by atoms with E-state index >= 15 is 0 Å². The van der Waals surface area contributed by atoms with Crippen LogP contribution in [0.25, 0.3) is 0 Å². The number of morpholine rings is 1. The lowest BCUT2D eigenvalue weighted by atomic mass is 9.98. The number of ether oxygens (including phenoxy) is 1. The Morgan fingerprint density at radius 3 is 2.64 bits per heavy atom. The Bertz CT molecular complexity index is 757. The first-order valence-electron chi connectivity index (χ1n) is 7.10. The van der Waals surface area contributed by atoms with Gasteiger partial charge < -0.3 is 4.74 Å². The van der Waals surface area contributed by atoms with Gasteiger partial charge in [-0.2, -0.15) is 9.40 Å². The molecule has 1 unspecified atom stereocenters. The van der Waals surface area contributed by atoms with Gasteiger partial charge in [-0.15, -0.1) is 0 Å². The Kier molecular flexibility index (Phi) is 3.80. The third-order valence-electron chi connectivity index (χ3n) is 3.94. The SMILES string of the molecule is Cn1cc(C2(C)CN(S(=O)(=O)c3ccccc3)CCO2)cn1. The second-order valence-corrected chi connectivity index (χ2v) is 7.57. The molecule has 0 amide bonds. The lowest BCUT2D eigenvalue weighted by molar-refractivity contribution is -0.0820. The van der Waals surface area contributed by atoms with E-state index in [1.807, 2.05) is 20.2 Å². The lowest BCUT2D eigenvalue weighted by Crippen LogP contribution is -2.50. The van der Waals surface area contributed by atoms with Crippen LogP contribution in [0.15, 0.2) is 47.6 Å².